The van der Waals surface area contributed by atoms with E-state index in [-0.39, 0.29) is 12.5 Å². The van der Waals surface area contributed by atoms with Gasteiger partial charge in [0.05, 0.1) is 12.2 Å². The van der Waals surface area contributed by atoms with Crippen LogP contribution in [0.15, 0.2) is 115 Å². The first-order valence-corrected chi connectivity index (χ1v) is 11.7. The van der Waals surface area contributed by atoms with Gasteiger partial charge in [-0.25, -0.2) is 4.79 Å². The zero-order valence-electron chi connectivity index (χ0n) is 19.6. The average molecular weight is 473 g/mol. The summed E-state index contributed by atoms with van der Waals surface area (Å²) >= 11 is 0. The van der Waals surface area contributed by atoms with E-state index in [0.29, 0.717) is 17.8 Å². The first kappa shape index (κ1) is 22.9. The summed E-state index contributed by atoms with van der Waals surface area (Å²) in [5.74, 6) is 5.88. The zero-order chi connectivity index (χ0) is 24.8. The lowest BCUT2D eigenvalue weighted by atomic mass is 9.91. The molecule has 0 saturated carbocycles. The summed E-state index contributed by atoms with van der Waals surface area (Å²) in [6.45, 7) is 0.435. The summed E-state index contributed by atoms with van der Waals surface area (Å²) < 4.78 is 5.50. The van der Waals surface area contributed by atoms with Gasteiger partial charge in [0.15, 0.2) is 0 Å². The van der Waals surface area contributed by atoms with Crippen LogP contribution in [0.25, 0.3) is 0 Å². The summed E-state index contributed by atoms with van der Waals surface area (Å²) in [6.07, 6.45) is -0.717. The van der Waals surface area contributed by atoms with Crippen molar-refractivity contribution in [1.82, 2.24) is 5.32 Å². The van der Waals surface area contributed by atoms with Crippen LogP contribution in [0.3, 0.4) is 0 Å². The molecule has 4 aromatic carbocycles. The second-order valence-corrected chi connectivity index (χ2v) is 8.45. The molecule has 36 heavy (non-hydrogen) atoms. The number of anilines is 1. The second-order valence-electron chi connectivity index (χ2n) is 8.45. The Bertz CT molecular complexity index is 1430. The predicted octanol–water partition coefficient (Wildman–Crippen LogP) is 5.41. The number of carbonyl (C=O) groups is 2. The van der Waals surface area contributed by atoms with E-state index >= 15 is 0 Å². The summed E-state index contributed by atoms with van der Waals surface area (Å²) in [5, 5.41) is 2.83. The van der Waals surface area contributed by atoms with Gasteiger partial charge in [0.25, 0.3) is 5.91 Å². The minimum atomic E-state index is -1.59. The molecule has 1 N–H and O–H groups in total. The van der Waals surface area contributed by atoms with Crippen molar-refractivity contribution in [2.75, 3.05) is 4.90 Å². The Hall–Kier alpha value is -4.82. The Kier molecular flexibility index (Phi) is 6.51. The Morgan fingerprint density at radius 1 is 0.778 bits per heavy atom. The van der Waals surface area contributed by atoms with E-state index in [2.05, 4.69) is 17.2 Å². The number of para-hydroxylation sites is 1. The van der Waals surface area contributed by atoms with Crippen molar-refractivity contribution in [1.29, 1.82) is 0 Å². The van der Waals surface area contributed by atoms with E-state index in [9.17, 15) is 9.59 Å². The fourth-order valence-electron chi connectivity index (χ4n) is 4.25. The summed E-state index contributed by atoms with van der Waals surface area (Å²) in [4.78, 5) is 28.8. The molecule has 176 valence electrons. The SMILES string of the molecule is O=C(N[C@@]1(C#Cc2ccccc2)C(=O)N(Cc2ccccc2)c2ccccc21)OCc1ccccc1. The third-order valence-corrected chi connectivity index (χ3v) is 6.02. The lowest BCUT2D eigenvalue weighted by molar-refractivity contribution is -0.122. The van der Waals surface area contributed by atoms with Crippen molar-refractivity contribution in [3.8, 4) is 11.8 Å². The third kappa shape index (κ3) is 4.70. The molecule has 1 heterocycles. The van der Waals surface area contributed by atoms with Gasteiger partial charge in [-0.1, -0.05) is 109 Å². The summed E-state index contributed by atoms with van der Waals surface area (Å²) in [5.41, 5.74) is 2.29. The fourth-order valence-corrected chi connectivity index (χ4v) is 4.25. The van der Waals surface area contributed by atoms with Crippen LogP contribution in [0.5, 0.6) is 0 Å². The maximum Gasteiger partial charge on any atom is 0.409 e. The van der Waals surface area contributed by atoms with E-state index in [0.717, 1.165) is 16.7 Å². The van der Waals surface area contributed by atoms with Crippen LogP contribution in [0.4, 0.5) is 10.5 Å². The maximum absolute atomic E-state index is 14.1. The second kappa shape index (κ2) is 10.2. The summed E-state index contributed by atoms with van der Waals surface area (Å²) in [7, 11) is 0. The molecule has 1 aliphatic rings. The van der Waals surface area contributed by atoms with Crippen molar-refractivity contribution in [2.45, 2.75) is 18.7 Å². The number of hydrogen-bond donors (Lipinski definition) is 1. The minimum Gasteiger partial charge on any atom is -0.445 e. The van der Waals surface area contributed by atoms with E-state index in [1.54, 1.807) is 4.90 Å². The molecule has 1 aliphatic heterocycles. The van der Waals surface area contributed by atoms with Crippen LogP contribution >= 0.6 is 0 Å². The van der Waals surface area contributed by atoms with Gasteiger partial charge in [-0.3, -0.25) is 10.1 Å². The van der Waals surface area contributed by atoms with Crippen molar-refractivity contribution in [2.24, 2.45) is 0 Å². The van der Waals surface area contributed by atoms with Gasteiger partial charge in [-0.2, -0.15) is 0 Å². The van der Waals surface area contributed by atoms with E-state index in [1.165, 1.54) is 0 Å². The average Bonchev–Trinajstić information content (AvgIpc) is 3.15. The molecule has 5 nitrogen and oxygen atoms in total. The van der Waals surface area contributed by atoms with Crippen molar-refractivity contribution >= 4 is 17.7 Å². The van der Waals surface area contributed by atoms with Crippen LogP contribution < -0.4 is 10.2 Å². The maximum atomic E-state index is 14.1. The number of hydrogen-bond acceptors (Lipinski definition) is 3. The van der Waals surface area contributed by atoms with Crippen molar-refractivity contribution in [3.05, 3.63) is 138 Å². The van der Waals surface area contributed by atoms with E-state index in [1.807, 2.05) is 115 Å². The number of fused-ring (bicyclic) bond motifs is 1. The molecule has 0 unspecified atom stereocenters. The normalized spacial score (nSPS) is 16.0. The molecule has 0 saturated heterocycles. The standard InChI is InChI=1S/C31H24N2O3/c34-29-31(21-20-24-12-4-1-5-13-24,32-30(35)36-23-26-16-8-3-9-17-26)27-18-10-11-19-28(27)33(29)22-25-14-6-2-7-15-25/h1-19H,22-23H2,(H,32,35)/t31-/m1/s1. The Labute approximate surface area is 210 Å². The highest BCUT2D eigenvalue weighted by atomic mass is 16.5. The largest absolute Gasteiger partial charge is 0.445 e. The number of nitrogens with one attached hydrogen (secondary N) is 1. The van der Waals surface area contributed by atoms with Crippen molar-refractivity contribution < 1.29 is 14.3 Å². The highest BCUT2D eigenvalue weighted by Gasteiger charge is 2.51. The molecular weight excluding hydrogens is 448 g/mol. The fraction of sp³-hybridized carbons (Fsp3) is 0.0968. The van der Waals surface area contributed by atoms with Crippen LogP contribution in [0, 0.1) is 11.8 Å². The number of amides is 2. The highest BCUT2D eigenvalue weighted by molar-refractivity contribution is 6.11. The monoisotopic (exact) mass is 472 g/mol. The van der Waals surface area contributed by atoms with Gasteiger partial charge in [0.1, 0.15) is 6.61 Å². The molecular formula is C31H24N2O3. The Balaban J connectivity index is 1.52. The lowest BCUT2D eigenvalue weighted by Crippen LogP contribution is -2.52. The van der Waals surface area contributed by atoms with Crippen LogP contribution in [0.2, 0.25) is 0 Å². The highest BCUT2D eigenvalue weighted by Crippen LogP contribution is 2.41. The molecule has 5 heteroatoms. The van der Waals surface area contributed by atoms with Gasteiger partial charge in [-0.15, -0.1) is 0 Å². The molecule has 5 rings (SSSR count). The molecule has 0 fully saturated rings. The topological polar surface area (TPSA) is 58.6 Å². The number of ether oxygens (including phenoxy) is 1. The molecule has 0 aliphatic carbocycles. The number of benzene rings is 4. The van der Waals surface area contributed by atoms with E-state index in [4.69, 9.17) is 4.74 Å². The van der Waals surface area contributed by atoms with E-state index < -0.39 is 11.6 Å². The minimum absolute atomic E-state index is 0.0818. The van der Waals surface area contributed by atoms with Gasteiger partial charge in [0, 0.05) is 11.1 Å². The van der Waals surface area contributed by atoms with Gasteiger partial charge < -0.3 is 9.64 Å². The molecule has 0 radical (unpaired) electrons. The van der Waals surface area contributed by atoms with Gasteiger partial charge in [0.2, 0.25) is 5.54 Å². The number of carbonyl (C=O) groups excluding carboxylic acids is 2. The molecule has 0 bridgehead atoms. The smallest absolute Gasteiger partial charge is 0.409 e. The lowest BCUT2D eigenvalue weighted by Gasteiger charge is -2.25. The van der Waals surface area contributed by atoms with Gasteiger partial charge in [-0.05, 0) is 29.3 Å². The van der Waals surface area contributed by atoms with Crippen LogP contribution in [-0.4, -0.2) is 12.0 Å². The summed E-state index contributed by atoms with van der Waals surface area (Å²) in [6, 6.07) is 35.9. The van der Waals surface area contributed by atoms with Crippen LogP contribution in [0.1, 0.15) is 22.3 Å². The number of alkyl carbamates (subject to hydrolysis) is 1. The Morgan fingerprint density at radius 3 is 2.06 bits per heavy atom. The molecule has 2 amide bonds. The van der Waals surface area contributed by atoms with Crippen molar-refractivity contribution in [3.63, 3.8) is 0 Å². The Morgan fingerprint density at radius 2 is 1.36 bits per heavy atom. The first-order chi connectivity index (χ1) is 17.7. The number of rotatable bonds is 5. The van der Waals surface area contributed by atoms with Crippen LogP contribution in [-0.2, 0) is 28.2 Å². The third-order valence-electron chi connectivity index (χ3n) is 6.02. The molecule has 0 aromatic heterocycles. The molecule has 4 aromatic rings. The first-order valence-electron chi connectivity index (χ1n) is 11.7. The predicted molar refractivity (Wildman–Crippen MR) is 139 cm³/mol. The zero-order valence-corrected chi connectivity index (χ0v) is 19.6. The number of nitrogens with zero attached hydrogens (tertiary/aromatic N) is 1. The quantitative estimate of drug-likeness (QED) is 0.395. The molecule has 0 spiro atoms. The van der Waals surface area contributed by atoms with Gasteiger partial charge >= 0.3 is 6.09 Å². The molecule has 1 atom stereocenters.